The fourth-order valence-electron chi connectivity index (χ4n) is 4.34. The Morgan fingerprint density at radius 3 is 2.62 bits per heavy atom. The Labute approximate surface area is 192 Å². The summed E-state index contributed by atoms with van der Waals surface area (Å²) in [5, 5.41) is 2.27. The van der Waals surface area contributed by atoms with Crippen LogP contribution >= 0.6 is 11.8 Å². The Kier molecular flexibility index (Phi) is 5.86. The maximum absolute atomic E-state index is 12.8. The lowest BCUT2D eigenvalue weighted by Crippen LogP contribution is -2.45. The van der Waals surface area contributed by atoms with Gasteiger partial charge in [0.15, 0.2) is 0 Å². The molecule has 1 fully saturated rings. The summed E-state index contributed by atoms with van der Waals surface area (Å²) >= 11 is 0.872. The number of para-hydroxylation sites is 1. The smallest absolute Gasteiger partial charge is 0.294 e. The van der Waals surface area contributed by atoms with E-state index >= 15 is 0 Å². The standard InChI is InChI=1S/C25H27N3O3S/c1-16-14-25(2,3)27(4)20-11-10-17(12-19(16)20)13-21-23(30)28(24(31)32-21)15-22(29)26-18-8-6-5-7-9-18/h5-13,16H,14-15H2,1-4H3,(H,26,29)/b21-13-/t16-/m1/s1. The van der Waals surface area contributed by atoms with Crippen LogP contribution in [0.15, 0.2) is 53.4 Å². The largest absolute Gasteiger partial charge is 0.369 e. The van der Waals surface area contributed by atoms with Gasteiger partial charge in [-0.1, -0.05) is 31.2 Å². The Bertz CT molecular complexity index is 1110. The van der Waals surface area contributed by atoms with E-state index < -0.39 is 17.1 Å². The van der Waals surface area contributed by atoms with Crippen molar-refractivity contribution in [2.24, 2.45) is 0 Å². The van der Waals surface area contributed by atoms with Gasteiger partial charge in [-0.25, -0.2) is 0 Å². The molecule has 0 saturated carbocycles. The molecule has 2 aliphatic heterocycles. The second-order valence-corrected chi connectivity index (χ2v) is 9.97. The molecular formula is C25H27N3O3S. The third-order valence-electron chi connectivity index (χ3n) is 6.19. The van der Waals surface area contributed by atoms with Crippen LogP contribution in [-0.4, -0.2) is 41.1 Å². The highest BCUT2D eigenvalue weighted by Crippen LogP contribution is 2.43. The summed E-state index contributed by atoms with van der Waals surface area (Å²) in [5.41, 5.74) is 4.01. The molecule has 0 aliphatic carbocycles. The molecule has 0 spiro atoms. The third kappa shape index (κ3) is 4.30. The van der Waals surface area contributed by atoms with Crippen LogP contribution in [0.1, 0.15) is 44.2 Å². The number of hydrogen-bond acceptors (Lipinski definition) is 5. The summed E-state index contributed by atoms with van der Waals surface area (Å²) in [5.74, 6) is -0.457. The van der Waals surface area contributed by atoms with Crippen molar-refractivity contribution in [3.8, 4) is 0 Å². The van der Waals surface area contributed by atoms with Crippen LogP contribution in [0, 0.1) is 0 Å². The van der Waals surface area contributed by atoms with Crippen LogP contribution in [0.3, 0.4) is 0 Å². The average Bonchev–Trinajstić information content (AvgIpc) is 3.00. The minimum atomic E-state index is -0.438. The molecule has 0 aromatic heterocycles. The second-order valence-electron chi connectivity index (χ2n) is 8.98. The van der Waals surface area contributed by atoms with Crippen molar-refractivity contribution < 1.29 is 14.4 Å². The summed E-state index contributed by atoms with van der Waals surface area (Å²) in [6.07, 6.45) is 2.78. The molecule has 1 saturated heterocycles. The number of hydrogen-bond donors (Lipinski definition) is 1. The Morgan fingerprint density at radius 2 is 1.91 bits per heavy atom. The molecule has 0 unspecified atom stereocenters. The number of imide groups is 1. The van der Waals surface area contributed by atoms with Crippen LogP contribution in [0.5, 0.6) is 0 Å². The molecule has 4 rings (SSSR count). The van der Waals surface area contributed by atoms with Crippen molar-refractivity contribution in [3.05, 3.63) is 64.6 Å². The van der Waals surface area contributed by atoms with Crippen molar-refractivity contribution in [3.63, 3.8) is 0 Å². The van der Waals surface area contributed by atoms with Crippen LogP contribution in [-0.2, 0) is 9.59 Å². The lowest BCUT2D eigenvalue weighted by molar-refractivity contribution is -0.127. The zero-order valence-electron chi connectivity index (χ0n) is 18.7. The van der Waals surface area contributed by atoms with E-state index in [0.717, 1.165) is 28.6 Å². The number of amides is 3. The number of thioether (sulfide) groups is 1. The summed E-state index contributed by atoms with van der Waals surface area (Å²) < 4.78 is 0. The first-order valence-electron chi connectivity index (χ1n) is 10.6. The van der Waals surface area contributed by atoms with Gasteiger partial charge in [0.2, 0.25) is 5.91 Å². The second kappa shape index (κ2) is 8.47. The molecule has 1 atom stereocenters. The van der Waals surface area contributed by atoms with Crippen LogP contribution in [0.4, 0.5) is 16.2 Å². The van der Waals surface area contributed by atoms with Gasteiger partial charge in [-0.15, -0.1) is 0 Å². The molecule has 3 amide bonds. The highest BCUT2D eigenvalue weighted by Gasteiger charge is 2.37. The molecule has 2 aromatic rings. The maximum atomic E-state index is 12.8. The molecule has 6 nitrogen and oxygen atoms in total. The fourth-order valence-corrected chi connectivity index (χ4v) is 5.18. The van der Waals surface area contributed by atoms with Crippen molar-refractivity contribution in [1.29, 1.82) is 0 Å². The minimum absolute atomic E-state index is 0.0803. The van der Waals surface area contributed by atoms with Gasteiger partial charge in [0.1, 0.15) is 6.54 Å². The Hall–Kier alpha value is -3.06. The first-order valence-corrected chi connectivity index (χ1v) is 11.5. The predicted molar refractivity (Wildman–Crippen MR) is 130 cm³/mol. The topological polar surface area (TPSA) is 69.7 Å². The SMILES string of the molecule is C[C@@H]1CC(C)(C)N(C)c2ccc(/C=C3\SC(=O)N(CC(=O)Nc4ccccc4)C3=O)cc21. The summed E-state index contributed by atoms with van der Waals surface area (Å²) in [6, 6.07) is 15.1. The van der Waals surface area contributed by atoms with Crippen molar-refractivity contribution >= 4 is 46.3 Å². The van der Waals surface area contributed by atoms with Crippen LogP contribution in [0.2, 0.25) is 0 Å². The van der Waals surface area contributed by atoms with Crippen LogP contribution in [0.25, 0.3) is 6.08 Å². The molecular weight excluding hydrogens is 422 g/mol. The van der Waals surface area contributed by atoms with E-state index in [9.17, 15) is 14.4 Å². The number of carbonyl (C=O) groups is 3. The molecule has 2 heterocycles. The molecule has 0 radical (unpaired) electrons. The quantitative estimate of drug-likeness (QED) is 0.659. The molecule has 0 bridgehead atoms. The molecule has 2 aliphatic rings. The van der Waals surface area contributed by atoms with Gasteiger partial charge in [0.25, 0.3) is 11.1 Å². The average molecular weight is 450 g/mol. The summed E-state index contributed by atoms with van der Waals surface area (Å²) in [4.78, 5) is 41.2. The highest BCUT2D eigenvalue weighted by molar-refractivity contribution is 8.18. The number of carbonyl (C=O) groups excluding carboxylic acids is 3. The Balaban J connectivity index is 1.51. The number of fused-ring (bicyclic) bond motifs is 1. The number of anilines is 2. The van der Waals surface area contributed by atoms with Gasteiger partial charge >= 0.3 is 0 Å². The van der Waals surface area contributed by atoms with Crippen molar-refractivity contribution in [1.82, 2.24) is 4.90 Å². The van der Waals surface area contributed by atoms with E-state index in [4.69, 9.17) is 0 Å². The number of nitrogens with zero attached hydrogens (tertiary/aromatic N) is 2. The molecule has 7 heteroatoms. The fraction of sp³-hybridized carbons (Fsp3) is 0.320. The molecule has 32 heavy (non-hydrogen) atoms. The zero-order chi connectivity index (χ0) is 23.0. The lowest BCUT2D eigenvalue weighted by atomic mass is 9.80. The van der Waals surface area contributed by atoms with Gasteiger partial charge in [0, 0.05) is 24.0 Å². The third-order valence-corrected chi connectivity index (χ3v) is 7.10. The van der Waals surface area contributed by atoms with E-state index in [1.165, 1.54) is 11.3 Å². The van der Waals surface area contributed by atoms with E-state index in [1.54, 1.807) is 30.3 Å². The molecule has 166 valence electrons. The Morgan fingerprint density at radius 1 is 1.19 bits per heavy atom. The van der Waals surface area contributed by atoms with Crippen LogP contribution < -0.4 is 10.2 Å². The van der Waals surface area contributed by atoms with Gasteiger partial charge in [-0.05, 0) is 79.4 Å². The first-order chi connectivity index (χ1) is 15.2. The van der Waals surface area contributed by atoms with E-state index in [1.807, 2.05) is 12.1 Å². The predicted octanol–water partition coefficient (Wildman–Crippen LogP) is 5.08. The highest BCUT2D eigenvalue weighted by atomic mass is 32.2. The maximum Gasteiger partial charge on any atom is 0.294 e. The van der Waals surface area contributed by atoms with E-state index in [-0.39, 0.29) is 12.1 Å². The first kappa shape index (κ1) is 22.1. The van der Waals surface area contributed by atoms with E-state index in [2.05, 4.69) is 50.2 Å². The summed E-state index contributed by atoms with van der Waals surface area (Å²) in [7, 11) is 2.11. The zero-order valence-corrected chi connectivity index (χ0v) is 19.5. The van der Waals surface area contributed by atoms with Gasteiger partial charge in [-0.2, -0.15) is 0 Å². The van der Waals surface area contributed by atoms with E-state index in [0.29, 0.717) is 16.5 Å². The lowest BCUT2D eigenvalue weighted by Gasteiger charge is -2.45. The van der Waals surface area contributed by atoms with Gasteiger partial charge in [-0.3, -0.25) is 19.3 Å². The van der Waals surface area contributed by atoms with Crippen molar-refractivity contribution in [2.75, 3.05) is 23.8 Å². The number of nitrogens with one attached hydrogen (secondary N) is 1. The molecule has 1 N–H and O–H groups in total. The minimum Gasteiger partial charge on any atom is -0.369 e. The summed E-state index contributed by atoms with van der Waals surface area (Å²) in [6.45, 7) is 6.39. The number of rotatable bonds is 4. The van der Waals surface area contributed by atoms with Crippen molar-refractivity contribution in [2.45, 2.75) is 38.6 Å². The van der Waals surface area contributed by atoms with Gasteiger partial charge < -0.3 is 10.2 Å². The van der Waals surface area contributed by atoms with Gasteiger partial charge in [0.05, 0.1) is 4.91 Å². The molecule has 2 aromatic carbocycles. The number of benzene rings is 2. The monoisotopic (exact) mass is 449 g/mol. The normalized spacial score (nSPS) is 21.1.